The first-order valence-electron chi connectivity index (χ1n) is 5.51. The zero-order chi connectivity index (χ0) is 12.4. The van der Waals surface area contributed by atoms with Crippen LogP contribution < -0.4 is 14.1 Å². The van der Waals surface area contributed by atoms with Gasteiger partial charge in [-0.15, -0.1) is 0 Å². The van der Waals surface area contributed by atoms with Crippen molar-refractivity contribution in [3.63, 3.8) is 0 Å². The number of allylic oxidation sites excluding steroid dienone is 1. The minimum absolute atomic E-state index is 0.111. The molecular formula is C13H15NO2Se. The van der Waals surface area contributed by atoms with Gasteiger partial charge in [-0.2, -0.15) is 0 Å². The molecule has 0 unspecified atom stereocenters. The van der Waals surface area contributed by atoms with E-state index in [0.29, 0.717) is 0 Å². The van der Waals surface area contributed by atoms with Crippen LogP contribution in [-0.4, -0.2) is 34.4 Å². The van der Waals surface area contributed by atoms with Crippen LogP contribution in [0.15, 0.2) is 28.9 Å². The molecule has 0 N–H and O–H groups in total. The van der Waals surface area contributed by atoms with E-state index >= 15 is 0 Å². The van der Waals surface area contributed by atoms with E-state index in [4.69, 9.17) is 4.74 Å². The van der Waals surface area contributed by atoms with Gasteiger partial charge in [0, 0.05) is 0 Å². The number of rotatable bonds is 3. The number of carbonyl (C=O) groups excluding carboxylic acids is 1. The number of carbonyl (C=O) groups is 1. The average Bonchev–Trinajstić information content (AvgIpc) is 2.63. The van der Waals surface area contributed by atoms with Crippen molar-refractivity contribution in [2.75, 3.05) is 18.6 Å². The number of hydrogen-bond donors (Lipinski definition) is 0. The van der Waals surface area contributed by atoms with E-state index in [9.17, 15) is 4.79 Å². The van der Waals surface area contributed by atoms with Crippen LogP contribution in [0.25, 0.3) is 0 Å². The number of fused-ring (bicyclic) bond motifs is 1. The van der Waals surface area contributed by atoms with E-state index in [1.54, 1.807) is 20.1 Å². The summed E-state index contributed by atoms with van der Waals surface area (Å²) in [5.41, 5.74) is 1.18. The molecule has 0 spiro atoms. The van der Waals surface area contributed by atoms with Crippen molar-refractivity contribution in [1.82, 2.24) is 0 Å². The molecule has 0 radical (unpaired) electrons. The van der Waals surface area contributed by atoms with E-state index in [2.05, 4.69) is 17.9 Å². The molecule has 1 aliphatic heterocycles. The normalized spacial score (nSPS) is 16.2. The Morgan fingerprint density at radius 1 is 1.53 bits per heavy atom. The Labute approximate surface area is 108 Å². The predicted octanol–water partition coefficient (Wildman–Crippen LogP) is 1.29. The van der Waals surface area contributed by atoms with E-state index in [1.165, 1.54) is 10.1 Å². The van der Waals surface area contributed by atoms with Gasteiger partial charge >= 0.3 is 107 Å². The van der Waals surface area contributed by atoms with Crippen molar-refractivity contribution in [2.45, 2.75) is 13.8 Å². The second kappa shape index (κ2) is 4.94. The van der Waals surface area contributed by atoms with Gasteiger partial charge in [-0.05, 0) is 0 Å². The van der Waals surface area contributed by atoms with Crippen LogP contribution in [0.3, 0.4) is 0 Å². The molecule has 1 aliphatic rings. The van der Waals surface area contributed by atoms with Gasteiger partial charge in [0.1, 0.15) is 0 Å². The topological polar surface area (TPSA) is 29.5 Å². The third-order valence-electron chi connectivity index (χ3n) is 2.58. The van der Waals surface area contributed by atoms with E-state index in [0.717, 1.165) is 16.9 Å². The van der Waals surface area contributed by atoms with Gasteiger partial charge in [0.25, 0.3) is 0 Å². The van der Waals surface area contributed by atoms with Gasteiger partial charge < -0.3 is 0 Å². The van der Waals surface area contributed by atoms with Crippen LogP contribution in [0.2, 0.25) is 0 Å². The first-order valence-corrected chi connectivity index (χ1v) is 7.22. The summed E-state index contributed by atoms with van der Waals surface area (Å²) in [6.45, 7) is 4.57. The summed E-state index contributed by atoms with van der Waals surface area (Å²) >= 11 is 0.225. The van der Waals surface area contributed by atoms with E-state index < -0.39 is 0 Å². The zero-order valence-corrected chi connectivity index (χ0v) is 11.9. The Hall–Kier alpha value is -1.25. The number of ether oxygens (including phenoxy) is 1. The molecule has 3 nitrogen and oxygen atoms in total. The number of methoxy groups -OCH3 is 1. The molecule has 4 heteroatoms. The summed E-state index contributed by atoms with van der Waals surface area (Å²) in [5, 5.41) is 0. The van der Waals surface area contributed by atoms with Crippen molar-refractivity contribution < 1.29 is 9.53 Å². The third kappa shape index (κ3) is 2.38. The summed E-state index contributed by atoms with van der Waals surface area (Å²) in [6.07, 6.45) is 1.75. The SMILES string of the molecule is CCN1C(=CC(C)=O)[Se]c2ccc(OC)cc21. The Morgan fingerprint density at radius 3 is 2.88 bits per heavy atom. The molecule has 2 rings (SSSR count). The molecule has 1 heterocycles. The van der Waals surface area contributed by atoms with E-state index in [1.807, 2.05) is 12.1 Å². The number of anilines is 1. The monoisotopic (exact) mass is 297 g/mol. The van der Waals surface area contributed by atoms with Gasteiger partial charge in [-0.1, -0.05) is 0 Å². The Bertz CT molecular complexity index is 482. The zero-order valence-electron chi connectivity index (χ0n) is 10.2. The van der Waals surface area contributed by atoms with Crippen LogP contribution in [0.5, 0.6) is 5.75 Å². The first kappa shape index (κ1) is 12.2. The van der Waals surface area contributed by atoms with E-state index in [-0.39, 0.29) is 20.7 Å². The Kier molecular flexibility index (Phi) is 3.55. The molecule has 17 heavy (non-hydrogen) atoms. The van der Waals surface area contributed by atoms with Crippen molar-refractivity contribution in [3.8, 4) is 5.75 Å². The van der Waals surface area contributed by atoms with Gasteiger partial charge in [-0.3, -0.25) is 0 Å². The summed E-state index contributed by atoms with van der Waals surface area (Å²) in [7, 11) is 1.67. The fourth-order valence-electron chi connectivity index (χ4n) is 1.82. The molecular weight excluding hydrogens is 281 g/mol. The van der Waals surface area contributed by atoms with Crippen LogP contribution in [0.4, 0.5) is 5.69 Å². The maximum absolute atomic E-state index is 11.2. The Balaban J connectivity index is 2.42. The molecule has 1 aromatic rings. The molecule has 0 saturated carbocycles. The predicted molar refractivity (Wildman–Crippen MR) is 70.2 cm³/mol. The molecule has 1 aromatic carbocycles. The van der Waals surface area contributed by atoms with Gasteiger partial charge in [0.05, 0.1) is 0 Å². The van der Waals surface area contributed by atoms with Crippen molar-refractivity contribution in [3.05, 3.63) is 28.9 Å². The first-order chi connectivity index (χ1) is 8.15. The van der Waals surface area contributed by atoms with Crippen LogP contribution in [0, 0.1) is 0 Å². The quantitative estimate of drug-likeness (QED) is 0.622. The average molecular weight is 296 g/mol. The van der Waals surface area contributed by atoms with Gasteiger partial charge in [-0.25, -0.2) is 0 Å². The maximum atomic E-state index is 11.2. The second-order valence-corrected chi connectivity index (χ2v) is 6.00. The molecule has 0 saturated heterocycles. The molecule has 0 fully saturated rings. The minimum atomic E-state index is 0.111. The number of nitrogens with zero attached hydrogens (tertiary/aromatic N) is 1. The van der Waals surface area contributed by atoms with Gasteiger partial charge in [0.15, 0.2) is 0 Å². The molecule has 0 bridgehead atoms. The molecule has 0 atom stereocenters. The fourth-order valence-corrected chi connectivity index (χ4v) is 4.33. The number of ketones is 1. The summed E-state index contributed by atoms with van der Waals surface area (Å²) in [6, 6.07) is 6.12. The standard InChI is InChI=1S/C13H15NO2Se/c1-4-14-11-8-10(16-3)5-6-12(11)17-13(14)7-9(2)15/h5-8H,4H2,1-3H3. The van der Waals surface area contributed by atoms with Crippen molar-refractivity contribution in [2.24, 2.45) is 0 Å². The molecule has 0 amide bonds. The van der Waals surface area contributed by atoms with Crippen LogP contribution >= 0.6 is 0 Å². The summed E-state index contributed by atoms with van der Waals surface area (Å²) < 4.78 is 7.69. The van der Waals surface area contributed by atoms with Crippen molar-refractivity contribution in [1.29, 1.82) is 0 Å². The number of hydrogen-bond acceptors (Lipinski definition) is 3. The van der Waals surface area contributed by atoms with Crippen molar-refractivity contribution >= 4 is 30.9 Å². The van der Waals surface area contributed by atoms with Crippen LogP contribution in [-0.2, 0) is 4.79 Å². The van der Waals surface area contributed by atoms with Gasteiger partial charge in [0.2, 0.25) is 0 Å². The summed E-state index contributed by atoms with van der Waals surface area (Å²) in [4.78, 5) is 13.4. The summed E-state index contributed by atoms with van der Waals surface area (Å²) in [5.74, 6) is 0.974. The number of benzene rings is 1. The third-order valence-corrected chi connectivity index (χ3v) is 4.91. The van der Waals surface area contributed by atoms with Crippen LogP contribution in [0.1, 0.15) is 13.8 Å². The molecule has 90 valence electrons. The molecule has 0 aliphatic carbocycles. The fraction of sp³-hybridized carbons (Fsp3) is 0.308. The Morgan fingerprint density at radius 2 is 2.29 bits per heavy atom. The second-order valence-electron chi connectivity index (χ2n) is 3.77. The molecule has 0 aromatic heterocycles.